The van der Waals surface area contributed by atoms with Gasteiger partial charge in [-0.25, -0.2) is 4.79 Å². The maximum absolute atomic E-state index is 12.1. The predicted molar refractivity (Wildman–Crippen MR) is 105 cm³/mol. The van der Waals surface area contributed by atoms with Crippen molar-refractivity contribution >= 4 is 28.1 Å². The summed E-state index contributed by atoms with van der Waals surface area (Å²) < 4.78 is 0. The Morgan fingerprint density at radius 3 is 2.23 bits per heavy atom. The van der Waals surface area contributed by atoms with Gasteiger partial charge in [0.25, 0.3) is 0 Å². The SMILES string of the molecule is Cc1c(-c2ccccc2)sc(N/C=C/C(=O)c2ccccc2)c1C(=O)O. The number of hydrogen-bond donors (Lipinski definition) is 2. The van der Waals surface area contributed by atoms with E-state index in [4.69, 9.17) is 0 Å². The Labute approximate surface area is 155 Å². The number of thiophene rings is 1. The molecule has 130 valence electrons. The van der Waals surface area contributed by atoms with Gasteiger partial charge in [-0.2, -0.15) is 0 Å². The van der Waals surface area contributed by atoms with E-state index in [1.165, 1.54) is 23.6 Å². The zero-order valence-corrected chi connectivity index (χ0v) is 14.9. The lowest BCUT2D eigenvalue weighted by molar-refractivity contribution is 0.0697. The molecule has 1 aromatic heterocycles. The largest absolute Gasteiger partial charge is 0.478 e. The average molecular weight is 363 g/mol. The van der Waals surface area contributed by atoms with Crippen molar-refractivity contribution in [3.8, 4) is 10.4 Å². The number of allylic oxidation sites excluding steroid dienone is 1. The highest BCUT2D eigenvalue weighted by Crippen LogP contribution is 2.39. The molecule has 2 N–H and O–H groups in total. The summed E-state index contributed by atoms with van der Waals surface area (Å²) in [6, 6.07) is 18.6. The Morgan fingerprint density at radius 2 is 1.62 bits per heavy atom. The van der Waals surface area contributed by atoms with Gasteiger partial charge in [0.2, 0.25) is 0 Å². The molecule has 0 aliphatic carbocycles. The summed E-state index contributed by atoms with van der Waals surface area (Å²) in [5, 5.41) is 13.0. The van der Waals surface area contributed by atoms with Gasteiger partial charge >= 0.3 is 5.97 Å². The van der Waals surface area contributed by atoms with Crippen LogP contribution in [0.3, 0.4) is 0 Å². The zero-order chi connectivity index (χ0) is 18.5. The molecule has 1 heterocycles. The zero-order valence-electron chi connectivity index (χ0n) is 14.1. The van der Waals surface area contributed by atoms with E-state index in [1.54, 1.807) is 31.2 Å². The van der Waals surface area contributed by atoms with Crippen LogP contribution in [0.4, 0.5) is 5.00 Å². The average Bonchev–Trinajstić information content (AvgIpc) is 2.99. The first-order valence-electron chi connectivity index (χ1n) is 8.02. The molecule has 0 saturated carbocycles. The smallest absolute Gasteiger partial charge is 0.339 e. The molecule has 4 nitrogen and oxygen atoms in total. The molecule has 5 heteroatoms. The highest BCUT2D eigenvalue weighted by Gasteiger charge is 2.20. The van der Waals surface area contributed by atoms with E-state index in [1.807, 2.05) is 36.4 Å². The van der Waals surface area contributed by atoms with Gasteiger partial charge in [0.15, 0.2) is 5.78 Å². The fraction of sp³-hybridized carbons (Fsp3) is 0.0476. The number of carboxylic acids is 1. The van der Waals surface area contributed by atoms with Gasteiger partial charge in [-0.15, -0.1) is 11.3 Å². The standard InChI is InChI=1S/C21H17NO3S/c1-14-18(21(24)25)20(26-19(14)16-10-6-3-7-11-16)22-13-12-17(23)15-8-4-2-5-9-15/h2-13,22H,1H3,(H,24,25)/b13-12+. The lowest BCUT2D eigenvalue weighted by Gasteiger charge is -2.00. The molecule has 0 aliphatic heterocycles. The van der Waals surface area contributed by atoms with Gasteiger partial charge in [0.05, 0.1) is 5.56 Å². The number of carboxylic acid groups (broad SMARTS) is 1. The number of carbonyl (C=O) groups is 2. The number of carbonyl (C=O) groups excluding carboxylic acids is 1. The van der Waals surface area contributed by atoms with E-state index in [2.05, 4.69) is 5.32 Å². The maximum atomic E-state index is 12.1. The molecule has 0 spiro atoms. The van der Waals surface area contributed by atoms with Crippen LogP contribution >= 0.6 is 11.3 Å². The first-order chi connectivity index (χ1) is 12.6. The van der Waals surface area contributed by atoms with E-state index in [0.29, 0.717) is 16.1 Å². The van der Waals surface area contributed by atoms with Crippen LogP contribution in [0.15, 0.2) is 72.9 Å². The third kappa shape index (κ3) is 3.73. The molecule has 3 rings (SSSR count). The van der Waals surface area contributed by atoms with E-state index < -0.39 is 5.97 Å². The topological polar surface area (TPSA) is 66.4 Å². The van der Waals surface area contributed by atoms with E-state index in [0.717, 1.165) is 10.4 Å². The van der Waals surface area contributed by atoms with Gasteiger partial charge < -0.3 is 10.4 Å². The fourth-order valence-electron chi connectivity index (χ4n) is 2.63. The van der Waals surface area contributed by atoms with Crippen molar-refractivity contribution < 1.29 is 14.7 Å². The van der Waals surface area contributed by atoms with Crippen molar-refractivity contribution in [1.29, 1.82) is 0 Å². The highest BCUT2D eigenvalue weighted by atomic mass is 32.1. The molecule has 0 atom stereocenters. The number of benzene rings is 2. The van der Waals surface area contributed by atoms with Gasteiger partial charge in [-0.05, 0) is 18.1 Å². The number of hydrogen-bond acceptors (Lipinski definition) is 4. The molecule has 26 heavy (non-hydrogen) atoms. The summed E-state index contributed by atoms with van der Waals surface area (Å²) in [6.45, 7) is 1.80. The normalized spacial score (nSPS) is 10.8. The van der Waals surface area contributed by atoms with Crippen molar-refractivity contribution in [1.82, 2.24) is 0 Å². The molecule has 2 aromatic carbocycles. The summed E-state index contributed by atoms with van der Waals surface area (Å²) in [5.74, 6) is -1.14. The second kappa shape index (κ2) is 7.80. The molecule has 0 amide bonds. The minimum absolute atomic E-state index is 0.147. The lowest BCUT2D eigenvalue weighted by atomic mass is 10.1. The van der Waals surface area contributed by atoms with Gasteiger partial charge in [0.1, 0.15) is 5.00 Å². The molecular weight excluding hydrogens is 346 g/mol. The summed E-state index contributed by atoms with van der Waals surface area (Å²) in [5.41, 5.74) is 2.48. The Hall–Kier alpha value is -3.18. The van der Waals surface area contributed by atoms with E-state index >= 15 is 0 Å². The molecule has 0 aliphatic rings. The number of aromatic carboxylic acids is 1. The van der Waals surface area contributed by atoms with Crippen LogP contribution in [0.5, 0.6) is 0 Å². The molecule has 0 bridgehead atoms. The predicted octanol–water partition coefficient (Wildman–Crippen LogP) is 5.23. The van der Waals surface area contributed by atoms with Crippen molar-refractivity contribution in [3.63, 3.8) is 0 Å². The minimum Gasteiger partial charge on any atom is -0.478 e. The maximum Gasteiger partial charge on any atom is 0.339 e. The molecule has 0 fully saturated rings. The molecular formula is C21H17NO3S. The Bertz CT molecular complexity index is 960. The fourth-order valence-corrected chi connectivity index (χ4v) is 3.81. The quantitative estimate of drug-likeness (QED) is 0.465. The molecule has 3 aromatic rings. The van der Waals surface area contributed by atoms with E-state index in [9.17, 15) is 14.7 Å². The van der Waals surface area contributed by atoms with E-state index in [-0.39, 0.29) is 11.3 Å². The number of anilines is 1. The van der Waals surface area contributed by atoms with Crippen LogP contribution in [0.25, 0.3) is 10.4 Å². The third-order valence-corrected chi connectivity index (χ3v) is 5.18. The van der Waals surface area contributed by atoms with Gasteiger partial charge in [0, 0.05) is 22.7 Å². The molecule has 0 saturated heterocycles. The first kappa shape index (κ1) is 17.6. The Morgan fingerprint density at radius 1 is 1.00 bits per heavy atom. The minimum atomic E-state index is -0.994. The second-order valence-corrected chi connectivity index (χ2v) is 6.66. The number of nitrogens with one attached hydrogen (secondary N) is 1. The van der Waals surface area contributed by atoms with Crippen LogP contribution in [0.1, 0.15) is 26.3 Å². The van der Waals surface area contributed by atoms with Crippen LogP contribution < -0.4 is 5.32 Å². The van der Waals surface area contributed by atoms with Crippen molar-refractivity contribution in [3.05, 3.63) is 89.6 Å². The van der Waals surface area contributed by atoms with Crippen LogP contribution in [-0.2, 0) is 0 Å². The first-order valence-corrected chi connectivity index (χ1v) is 8.84. The van der Waals surface area contributed by atoms with Crippen LogP contribution in [0, 0.1) is 6.92 Å². The Balaban J connectivity index is 1.87. The third-order valence-electron chi connectivity index (χ3n) is 3.90. The molecule has 0 radical (unpaired) electrons. The molecule has 0 unspecified atom stereocenters. The lowest BCUT2D eigenvalue weighted by Crippen LogP contribution is -2.01. The van der Waals surface area contributed by atoms with Crippen molar-refractivity contribution in [2.75, 3.05) is 5.32 Å². The van der Waals surface area contributed by atoms with Gasteiger partial charge in [-0.1, -0.05) is 60.7 Å². The van der Waals surface area contributed by atoms with Crippen molar-refractivity contribution in [2.45, 2.75) is 6.92 Å². The Kier molecular flexibility index (Phi) is 5.29. The monoisotopic (exact) mass is 363 g/mol. The summed E-state index contributed by atoms with van der Waals surface area (Å²) in [7, 11) is 0. The highest BCUT2D eigenvalue weighted by molar-refractivity contribution is 7.20. The van der Waals surface area contributed by atoms with Gasteiger partial charge in [-0.3, -0.25) is 4.79 Å². The summed E-state index contributed by atoms with van der Waals surface area (Å²) in [6.07, 6.45) is 2.89. The number of ketones is 1. The van der Waals surface area contributed by atoms with Crippen molar-refractivity contribution in [2.24, 2.45) is 0 Å². The number of rotatable bonds is 6. The second-order valence-electron chi connectivity index (χ2n) is 5.64. The summed E-state index contributed by atoms with van der Waals surface area (Å²) in [4.78, 5) is 24.7. The van der Waals surface area contributed by atoms with Crippen LogP contribution in [0.2, 0.25) is 0 Å². The summed E-state index contributed by atoms with van der Waals surface area (Å²) >= 11 is 1.36. The van der Waals surface area contributed by atoms with Crippen LogP contribution in [-0.4, -0.2) is 16.9 Å².